The van der Waals surface area contributed by atoms with Gasteiger partial charge >= 0.3 is 5.97 Å². The number of carboxylic acids is 1. The first kappa shape index (κ1) is 21.2. The van der Waals surface area contributed by atoms with Crippen LogP contribution in [0, 0.1) is 16.7 Å². The fraction of sp³-hybridized carbons (Fsp3) is 0.522. The molecule has 4 heteroatoms. The van der Waals surface area contributed by atoms with Crippen LogP contribution in [0.3, 0.4) is 0 Å². The van der Waals surface area contributed by atoms with Gasteiger partial charge in [0.25, 0.3) is 0 Å². The van der Waals surface area contributed by atoms with E-state index in [9.17, 15) is 9.90 Å². The van der Waals surface area contributed by atoms with Gasteiger partial charge in [-0.05, 0) is 40.7 Å². The highest BCUT2D eigenvalue weighted by molar-refractivity contribution is 5.70. The minimum absolute atomic E-state index is 0.0251. The van der Waals surface area contributed by atoms with E-state index in [-0.39, 0.29) is 23.2 Å². The number of carboxylic acid groups (broad SMARTS) is 1. The third-order valence-electron chi connectivity index (χ3n) is 5.52. The Morgan fingerprint density at radius 1 is 1.11 bits per heavy atom. The first-order valence-corrected chi connectivity index (χ1v) is 9.43. The van der Waals surface area contributed by atoms with Crippen molar-refractivity contribution < 1.29 is 15.0 Å². The summed E-state index contributed by atoms with van der Waals surface area (Å²) in [5.74, 6) is -0.873. The number of likely N-dealkylation sites (N-methyl/N-ethyl adjacent to an activating group) is 1. The lowest BCUT2D eigenvalue weighted by molar-refractivity contribution is -0.136. The number of allylic oxidation sites excluding steroid dienone is 1. The van der Waals surface area contributed by atoms with E-state index in [0.717, 1.165) is 16.9 Å². The van der Waals surface area contributed by atoms with Gasteiger partial charge in [-0.15, -0.1) is 0 Å². The predicted molar refractivity (Wildman–Crippen MR) is 111 cm³/mol. The number of benzene rings is 1. The molecule has 0 aliphatic heterocycles. The van der Waals surface area contributed by atoms with Gasteiger partial charge in [-0.2, -0.15) is 0 Å². The molecule has 0 heterocycles. The summed E-state index contributed by atoms with van der Waals surface area (Å²) in [5.41, 5.74) is 1.46. The van der Waals surface area contributed by atoms with E-state index in [1.807, 2.05) is 43.5 Å². The fourth-order valence-electron chi connectivity index (χ4n) is 3.68. The molecule has 1 aromatic rings. The van der Waals surface area contributed by atoms with Crippen molar-refractivity contribution >= 4 is 11.7 Å². The van der Waals surface area contributed by atoms with Gasteiger partial charge in [-0.25, -0.2) is 0 Å². The van der Waals surface area contributed by atoms with Crippen molar-refractivity contribution in [2.45, 2.75) is 53.6 Å². The number of carbonyl (C=O) groups is 1. The zero-order valence-electron chi connectivity index (χ0n) is 17.6. The molecule has 4 nitrogen and oxygen atoms in total. The molecule has 0 bridgehead atoms. The molecule has 0 saturated heterocycles. The Morgan fingerprint density at radius 2 is 1.67 bits per heavy atom. The van der Waals surface area contributed by atoms with Crippen molar-refractivity contribution in [2.75, 3.05) is 11.9 Å². The number of nitrogens with zero attached hydrogens (tertiary/aromatic N) is 1. The van der Waals surface area contributed by atoms with Crippen LogP contribution in [0.15, 0.2) is 48.2 Å². The zero-order valence-corrected chi connectivity index (χ0v) is 17.6. The number of rotatable bonds is 4. The molecule has 0 amide bonds. The van der Waals surface area contributed by atoms with Gasteiger partial charge in [0, 0.05) is 24.4 Å². The Bertz CT molecular complexity index is 747. The van der Waals surface area contributed by atoms with E-state index in [0.29, 0.717) is 0 Å². The van der Waals surface area contributed by atoms with Crippen LogP contribution in [0.2, 0.25) is 0 Å². The van der Waals surface area contributed by atoms with Crippen LogP contribution in [0.25, 0.3) is 0 Å². The number of aliphatic hydroxyl groups is 1. The van der Waals surface area contributed by atoms with E-state index in [1.54, 1.807) is 0 Å². The number of hydrogen-bond donors (Lipinski definition) is 2. The molecule has 2 atom stereocenters. The standard InChI is InChI=1S/C23H33NO3/c1-21(2,3)19-15-18(12-13-23(19,27)22(4,5)6)24(7)17-10-8-16(9-11-17)14-20(25)26/h8-13,15,19,27H,14H2,1-7H3,(H,25,26). The topological polar surface area (TPSA) is 60.8 Å². The first-order chi connectivity index (χ1) is 12.3. The Labute approximate surface area is 163 Å². The van der Waals surface area contributed by atoms with E-state index in [1.165, 1.54) is 0 Å². The van der Waals surface area contributed by atoms with Crippen molar-refractivity contribution in [1.29, 1.82) is 0 Å². The van der Waals surface area contributed by atoms with Crippen molar-refractivity contribution in [1.82, 2.24) is 0 Å². The van der Waals surface area contributed by atoms with Gasteiger partial charge in [0.2, 0.25) is 0 Å². The number of aliphatic carboxylic acids is 1. The molecule has 148 valence electrons. The maximum atomic E-state index is 11.5. The molecule has 0 saturated carbocycles. The lowest BCUT2D eigenvalue weighted by Crippen LogP contribution is -2.53. The summed E-state index contributed by atoms with van der Waals surface area (Å²) < 4.78 is 0. The van der Waals surface area contributed by atoms with E-state index in [2.05, 4.69) is 52.5 Å². The van der Waals surface area contributed by atoms with Crippen molar-refractivity contribution in [2.24, 2.45) is 16.7 Å². The molecule has 2 N–H and O–H groups in total. The lowest BCUT2D eigenvalue weighted by Gasteiger charge is -2.50. The van der Waals surface area contributed by atoms with Gasteiger partial charge in [-0.3, -0.25) is 4.79 Å². The van der Waals surface area contributed by atoms with Gasteiger partial charge < -0.3 is 15.1 Å². The predicted octanol–water partition coefficient (Wildman–Crippen LogP) is 4.64. The summed E-state index contributed by atoms with van der Waals surface area (Å²) in [6.07, 6.45) is 6.11. The molecule has 1 aliphatic rings. The van der Waals surface area contributed by atoms with Gasteiger partial charge in [0.15, 0.2) is 0 Å². The quantitative estimate of drug-likeness (QED) is 0.809. The molecule has 2 unspecified atom stereocenters. The minimum Gasteiger partial charge on any atom is -0.481 e. The normalized spacial score (nSPS) is 23.1. The molecule has 0 radical (unpaired) electrons. The van der Waals surface area contributed by atoms with Gasteiger partial charge in [-0.1, -0.05) is 59.8 Å². The zero-order chi connectivity index (χ0) is 20.6. The Hall–Kier alpha value is -2.07. The number of hydrogen-bond acceptors (Lipinski definition) is 3. The summed E-state index contributed by atoms with van der Waals surface area (Å²) >= 11 is 0. The van der Waals surface area contributed by atoms with E-state index in [4.69, 9.17) is 5.11 Å². The lowest BCUT2D eigenvalue weighted by atomic mass is 9.59. The molecule has 0 aromatic heterocycles. The van der Waals surface area contributed by atoms with E-state index < -0.39 is 11.6 Å². The van der Waals surface area contributed by atoms with Crippen molar-refractivity contribution in [3.63, 3.8) is 0 Å². The average Bonchev–Trinajstić information content (AvgIpc) is 2.52. The van der Waals surface area contributed by atoms with Crippen LogP contribution < -0.4 is 4.90 Å². The van der Waals surface area contributed by atoms with Crippen molar-refractivity contribution in [3.05, 3.63) is 53.8 Å². The summed E-state index contributed by atoms with van der Waals surface area (Å²) in [6, 6.07) is 7.56. The highest BCUT2D eigenvalue weighted by Gasteiger charge is 2.49. The summed E-state index contributed by atoms with van der Waals surface area (Å²) in [6.45, 7) is 12.7. The Morgan fingerprint density at radius 3 is 2.11 bits per heavy atom. The minimum atomic E-state index is -0.930. The van der Waals surface area contributed by atoms with Crippen LogP contribution in [-0.2, 0) is 11.2 Å². The van der Waals surface area contributed by atoms with Gasteiger partial charge in [0.05, 0.1) is 12.0 Å². The molecule has 27 heavy (non-hydrogen) atoms. The maximum Gasteiger partial charge on any atom is 0.307 e. The molecular formula is C23H33NO3. The highest BCUT2D eigenvalue weighted by atomic mass is 16.4. The average molecular weight is 372 g/mol. The maximum absolute atomic E-state index is 11.5. The summed E-state index contributed by atoms with van der Waals surface area (Å²) in [4.78, 5) is 12.9. The molecule has 0 spiro atoms. The SMILES string of the molecule is CN(C1=CC(C(C)(C)C)C(O)(C(C)(C)C)C=C1)c1ccc(CC(=O)O)cc1. The molecule has 1 aromatic carbocycles. The molecule has 2 rings (SSSR count). The third-order valence-corrected chi connectivity index (χ3v) is 5.52. The van der Waals surface area contributed by atoms with Crippen LogP contribution in [-0.4, -0.2) is 28.8 Å². The van der Waals surface area contributed by atoms with Gasteiger partial charge in [0.1, 0.15) is 0 Å². The monoisotopic (exact) mass is 371 g/mol. The molecule has 1 aliphatic carbocycles. The van der Waals surface area contributed by atoms with Crippen LogP contribution in [0.5, 0.6) is 0 Å². The second kappa shape index (κ2) is 7.16. The van der Waals surface area contributed by atoms with Crippen LogP contribution in [0.4, 0.5) is 5.69 Å². The van der Waals surface area contributed by atoms with Crippen molar-refractivity contribution in [3.8, 4) is 0 Å². The van der Waals surface area contributed by atoms with Crippen LogP contribution in [0.1, 0.15) is 47.1 Å². The Balaban J connectivity index is 2.35. The smallest absolute Gasteiger partial charge is 0.307 e. The molecular weight excluding hydrogens is 338 g/mol. The highest BCUT2D eigenvalue weighted by Crippen LogP contribution is 2.48. The summed E-state index contributed by atoms with van der Waals surface area (Å²) in [5, 5.41) is 20.4. The summed E-state index contributed by atoms with van der Waals surface area (Å²) in [7, 11) is 1.99. The second-order valence-electron chi connectivity index (χ2n) is 9.64. The fourth-order valence-corrected chi connectivity index (χ4v) is 3.68. The largest absolute Gasteiger partial charge is 0.481 e. The van der Waals surface area contributed by atoms with Crippen LogP contribution >= 0.6 is 0 Å². The number of anilines is 1. The second-order valence-corrected chi connectivity index (χ2v) is 9.64. The first-order valence-electron chi connectivity index (χ1n) is 9.43. The Kier molecular flexibility index (Phi) is 5.63. The third kappa shape index (κ3) is 4.44. The van der Waals surface area contributed by atoms with E-state index >= 15 is 0 Å². The molecule has 0 fully saturated rings.